The van der Waals surface area contributed by atoms with Crippen LogP contribution in [0.25, 0.3) is 0 Å². The Kier molecular flexibility index (Phi) is 4.17. The maximum atomic E-state index is 12.3. The molecule has 1 saturated heterocycles. The van der Waals surface area contributed by atoms with Crippen LogP contribution in [0.1, 0.15) is 74.7 Å². The second-order valence-corrected chi connectivity index (χ2v) is 11.8. The highest BCUT2D eigenvalue weighted by molar-refractivity contribution is 5.75. The SMILES string of the molecule is CC(C)(C)C1C2CC(CC3C(=O)OCC3(C)C)C(C2)C1C(C)(C)C. The quantitative estimate of drug-likeness (QED) is 0.618. The molecule has 0 aromatic rings. The van der Waals surface area contributed by atoms with E-state index < -0.39 is 0 Å². The van der Waals surface area contributed by atoms with E-state index in [2.05, 4.69) is 55.4 Å². The summed E-state index contributed by atoms with van der Waals surface area (Å²) in [5.74, 6) is 4.13. The second-order valence-electron chi connectivity index (χ2n) is 11.8. The minimum absolute atomic E-state index is 0.0135. The Labute approximate surface area is 149 Å². The molecule has 6 unspecified atom stereocenters. The van der Waals surface area contributed by atoms with Crippen LogP contribution in [0, 0.1) is 51.8 Å². The highest BCUT2D eigenvalue weighted by atomic mass is 16.5. The number of carbonyl (C=O) groups excluding carboxylic acids is 1. The Bertz CT molecular complexity index is 505. The first kappa shape index (κ1) is 18.3. The zero-order valence-electron chi connectivity index (χ0n) is 17.1. The molecule has 0 spiro atoms. The summed E-state index contributed by atoms with van der Waals surface area (Å²) in [5.41, 5.74) is 0.745. The maximum Gasteiger partial charge on any atom is 0.309 e. The zero-order chi connectivity index (χ0) is 18.1. The first-order valence-electron chi connectivity index (χ1n) is 9.99. The summed E-state index contributed by atoms with van der Waals surface area (Å²) in [6.45, 7) is 19.6. The van der Waals surface area contributed by atoms with Gasteiger partial charge in [0.25, 0.3) is 0 Å². The standard InChI is InChI=1S/C22H38O2/c1-20(2,3)17-14-9-13(15(10-14)18(17)21(4,5)6)11-16-19(23)24-12-22(16,7)8/h13-18H,9-12H2,1-8H3. The van der Waals surface area contributed by atoms with E-state index in [0.29, 0.717) is 23.4 Å². The summed E-state index contributed by atoms with van der Waals surface area (Å²) in [5, 5.41) is 0. The van der Waals surface area contributed by atoms with Crippen molar-refractivity contribution in [3.8, 4) is 0 Å². The number of cyclic esters (lactones) is 1. The van der Waals surface area contributed by atoms with Crippen LogP contribution in [0.4, 0.5) is 0 Å². The van der Waals surface area contributed by atoms with Crippen molar-refractivity contribution in [2.24, 2.45) is 51.8 Å². The number of rotatable bonds is 2. The fraction of sp³-hybridized carbons (Fsp3) is 0.955. The topological polar surface area (TPSA) is 26.3 Å². The average molecular weight is 335 g/mol. The van der Waals surface area contributed by atoms with Gasteiger partial charge in [0.15, 0.2) is 0 Å². The fourth-order valence-corrected chi connectivity index (χ4v) is 6.69. The molecular weight excluding hydrogens is 296 g/mol. The molecular formula is C22H38O2. The molecule has 2 nitrogen and oxygen atoms in total. The predicted octanol–water partition coefficient (Wildman–Crippen LogP) is 5.56. The van der Waals surface area contributed by atoms with Crippen LogP contribution in [-0.4, -0.2) is 12.6 Å². The Hall–Kier alpha value is -0.530. The Morgan fingerprint density at radius 2 is 1.58 bits per heavy atom. The average Bonchev–Trinajstić information content (AvgIpc) is 3.03. The molecule has 2 aliphatic carbocycles. The molecule has 138 valence electrons. The molecule has 24 heavy (non-hydrogen) atoms. The van der Waals surface area contributed by atoms with Crippen molar-refractivity contribution < 1.29 is 9.53 Å². The lowest BCUT2D eigenvalue weighted by Gasteiger charge is -2.49. The Morgan fingerprint density at radius 1 is 1.00 bits per heavy atom. The molecule has 0 radical (unpaired) electrons. The van der Waals surface area contributed by atoms with E-state index in [0.717, 1.165) is 30.1 Å². The lowest BCUT2D eigenvalue weighted by Crippen LogP contribution is -2.43. The summed E-state index contributed by atoms with van der Waals surface area (Å²) in [7, 11) is 0. The highest BCUT2D eigenvalue weighted by Gasteiger charge is 2.59. The van der Waals surface area contributed by atoms with Crippen LogP contribution in [0.15, 0.2) is 0 Å². The maximum absolute atomic E-state index is 12.3. The minimum atomic E-state index is 0.0135. The van der Waals surface area contributed by atoms with Crippen LogP contribution in [0.2, 0.25) is 0 Å². The van der Waals surface area contributed by atoms with Crippen molar-refractivity contribution in [3.63, 3.8) is 0 Å². The van der Waals surface area contributed by atoms with E-state index in [1.54, 1.807) is 0 Å². The van der Waals surface area contributed by atoms with Gasteiger partial charge in [0.2, 0.25) is 0 Å². The molecule has 0 aromatic heterocycles. The smallest absolute Gasteiger partial charge is 0.309 e. The molecule has 3 rings (SSSR count). The van der Waals surface area contributed by atoms with E-state index in [1.165, 1.54) is 12.8 Å². The largest absolute Gasteiger partial charge is 0.465 e. The van der Waals surface area contributed by atoms with Gasteiger partial charge in [-0.25, -0.2) is 0 Å². The third-order valence-electron chi connectivity index (χ3n) is 7.49. The minimum Gasteiger partial charge on any atom is -0.465 e. The van der Waals surface area contributed by atoms with E-state index in [4.69, 9.17) is 4.74 Å². The van der Waals surface area contributed by atoms with E-state index in [9.17, 15) is 4.79 Å². The molecule has 0 aromatic carbocycles. The number of hydrogen-bond acceptors (Lipinski definition) is 2. The van der Waals surface area contributed by atoms with Gasteiger partial charge in [0.05, 0.1) is 12.5 Å². The third-order valence-corrected chi connectivity index (χ3v) is 7.49. The monoisotopic (exact) mass is 334 g/mol. The lowest BCUT2D eigenvalue weighted by atomic mass is 9.56. The van der Waals surface area contributed by atoms with Gasteiger partial charge in [-0.15, -0.1) is 0 Å². The predicted molar refractivity (Wildman–Crippen MR) is 98.4 cm³/mol. The number of hydrogen-bond donors (Lipinski definition) is 0. The lowest BCUT2D eigenvalue weighted by molar-refractivity contribution is -0.142. The van der Waals surface area contributed by atoms with Crippen molar-refractivity contribution in [1.82, 2.24) is 0 Å². The van der Waals surface area contributed by atoms with Crippen molar-refractivity contribution in [1.29, 1.82) is 0 Å². The molecule has 6 atom stereocenters. The molecule has 3 aliphatic rings. The van der Waals surface area contributed by atoms with Gasteiger partial charge in [0, 0.05) is 5.41 Å². The van der Waals surface area contributed by atoms with Gasteiger partial charge >= 0.3 is 5.97 Å². The third kappa shape index (κ3) is 2.92. The number of ether oxygens (including phenoxy) is 1. The van der Waals surface area contributed by atoms with Gasteiger partial charge in [-0.05, 0) is 59.7 Å². The number of carbonyl (C=O) groups is 1. The van der Waals surface area contributed by atoms with Gasteiger partial charge in [-0.2, -0.15) is 0 Å². The van der Waals surface area contributed by atoms with Crippen LogP contribution in [0.5, 0.6) is 0 Å². The normalized spacial score (nSPS) is 41.8. The first-order chi connectivity index (χ1) is 10.8. The van der Waals surface area contributed by atoms with Crippen LogP contribution < -0.4 is 0 Å². The van der Waals surface area contributed by atoms with Gasteiger partial charge in [-0.1, -0.05) is 55.4 Å². The molecule has 1 aliphatic heterocycles. The van der Waals surface area contributed by atoms with Crippen LogP contribution in [0.3, 0.4) is 0 Å². The molecule has 2 saturated carbocycles. The summed E-state index contributed by atoms with van der Waals surface area (Å²) >= 11 is 0. The second kappa shape index (κ2) is 5.48. The van der Waals surface area contributed by atoms with Gasteiger partial charge < -0.3 is 4.74 Å². The van der Waals surface area contributed by atoms with E-state index in [-0.39, 0.29) is 17.3 Å². The summed E-state index contributed by atoms with van der Waals surface area (Å²) in [6, 6.07) is 0. The Balaban J connectivity index is 1.82. The van der Waals surface area contributed by atoms with Gasteiger partial charge in [-0.3, -0.25) is 4.79 Å². The van der Waals surface area contributed by atoms with Crippen molar-refractivity contribution >= 4 is 5.97 Å². The number of fused-ring (bicyclic) bond motifs is 2. The van der Waals surface area contributed by atoms with Crippen molar-refractivity contribution in [3.05, 3.63) is 0 Å². The van der Waals surface area contributed by atoms with Crippen molar-refractivity contribution in [2.75, 3.05) is 6.61 Å². The zero-order valence-corrected chi connectivity index (χ0v) is 17.1. The summed E-state index contributed by atoms with van der Waals surface area (Å²) in [4.78, 5) is 12.3. The van der Waals surface area contributed by atoms with E-state index >= 15 is 0 Å². The molecule has 2 heteroatoms. The first-order valence-corrected chi connectivity index (χ1v) is 9.99. The molecule has 1 heterocycles. The van der Waals surface area contributed by atoms with Crippen LogP contribution >= 0.6 is 0 Å². The van der Waals surface area contributed by atoms with E-state index in [1.807, 2.05) is 0 Å². The highest BCUT2D eigenvalue weighted by Crippen LogP contribution is 2.65. The number of esters is 1. The molecule has 3 fully saturated rings. The molecule has 0 N–H and O–H groups in total. The Morgan fingerprint density at radius 3 is 2.04 bits per heavy atom. The fourth-order valence-electron chi connectivity index (χ4n) is 6.69. The van der Waals surface area contributed by atoms with Crippen LogP contribution in [-0.2, 0) is 9.53 Å². The molecule has 2 bridgehead atoms. The van der Waals surface area contributed by atoms with Gasteiger partial charge in [0.1, 0.15) is 0 Å². The summed E-state index contributed by atoms with van der Waals surface area (Å²) < 4.78 is 5.40. The van der Waals surface area contributed by atoms with Crippen molar-refractivity contribution in [2.45, 2.75) is 74.7 Å². The molecule has 0 amide bonds. The summed E-state index contributed by atoms with van der Waals surface area (Å²) in [6.07, 6.45) is 3.77.